The van der Waals surface area contributed by atoms with Gasteiger partial charge in [-0.05, 0) is 6.07 Å². The van der Waals surface area contributed by atoms with Crippen molar-refractivity contribution < 1.29 is 13.5 Å². The standard InChI is InChI=1S/C8H7Cl2F2NO/c9-5-1-4(3-13)7(2-6(5)10)14-8(11)12/h1-2,8H,3,13H2. The minimum absolute atomic E-state index is 0.0445. The molecule has 1 aromatic rings. The molecule has 78 valence electrons. The third-order valence-electron chi connectivity index (χ3n) is 1.54. The molecule has 0 bridgehead atoms. The number of hydrogen-bond acceptors (Lipinski definition) is 2. The highest BCUT2D eigenvalue weighted by molar-refractivity contribution is 6.42. The van der Waals surface area contributed by atoms with Gasteiger partial charge in [0.25, 0.3) is 0 Å². The predicted octanol–water partition coefficient (Wildman–Crippen LogP) is 3.05. The van der Waals surface area contributed by atoms with Crippen molar-refractivity contribution >= 4 is 23.2 Å². The topological polar surface area (TPSA) is 35.2 Å². The van der Waals surface area contributed by atoms with E-state index in [2.05, 4.69) is 4.74 Å². The lowest BCUT2D eigenvalue weighted by atomic mass is 10.2. The van der Waals surface area contributed by atoms with Gasteiger partial charge in [0.2, 0.25) is 0 Å². The molecule has 0 saturated carbocycles. The molecule has 1 aromatic carbocycles. The number of rotatable bonds is 3. The molecule has 0 aliphatic carbocycles. The highest BCUT2D eigenvalue weighted by Crippen LogP contribution is 2.31. The van der Waals surface area contributed by atoms with E-state index < -0.39 is 6.61 Å². The number of halogens is 4. The van der Waals surface area contributed by atoms with E-state index in [4.69, 9.17) is 28.9 Å². The summed E-state index contributed by atoms with van der Waals surface area (Å²) in [6.45, 7) is -2.85. The summed E-state index contributed by atoms with van der Waals surface area (Å²) in [6, 6.07) is 2.62. The van der Waals surface area contributed by atoms with Crippen LogP contribution in [-0.4, -0.2) is 6.61 Å². The number of nitrogens with two attached hydrogens (primary N) is 1. The maximum Gasteiger partial charge on any atom is 0.387 e. The first-order valence-corrected chi connectivity index (χ1v) is 4.43. The van der Waals surface area contributed by atoms with Gasteiger partial charge in [-0.2, -0.15) is 8.78 Å². The van der Waals surface area contributed by atoms with Gasteiger partial charge in [0.05, 0.1) is 10.0 Å². The van der Waals surface area contributed by atoms with Crippen molar-refractivity contribution in [2.75, 3.05) is 0 Å². The molecule has 0 heterocycles. The van der Waals surface area contributed by atoms with Crippen molar-refractivity contribution in [1.82, 2.24) is 0 Å². The smallest absolute Gasteiger partial charge is 0.387 e. The van der Waals surface area contributed by atoms with Gasteiger partial charge in [0.15, 0.2) is 0 Å². The normalized spacial score (nSPS) is 10.7. The second-order valence-electron chi connectivity index (χ2n) is 2.46. The SMILES string of the molecule is NCc1cc(Cl)c(Cl)cc1OC(F)F. The van der Waals surface area contributed by atoms with Crippen molar-refractivity contribution in [3.05, 3.63) is 27.7 Å². The number of alkyl halides is 2. The average molecular weight is 242 g/mol. The summed E-state index contributed by atoms with van der Waals surface area (Å²) in [6.07, 6.45) is 0. The summed E-state index contributed by atoms with van der Waals surface area (Å²) in [5.74, 6) is -0.0445. The maximum absolute atomic E-state index is 11.9. The third-order valence-corrected chi connectivity index (χ3v) is 2.26. The van der Waals surface area contributed by atoms with Crippen LogP contribution in [0.2, 0.25) is 10.0 Å². The van der Waals surface area contributed by atoms with Crippen LogP contribution in [0.15, 0.2) is 12.1 Å². The average Bonchev–Trinajstić information content (AvgIpc) is 2.10. The zero-order valence-corrected chi connectivity index (χ0v) is 8.45. The minimum Gasteiger partial charge on any atom is -0.434 e. The Morgan fingerprint density at radius 3 is 2.36 bits per heavy atom. The molecule has 0 amide bonds. The molecule has 0 saturated heterocycles. The summed E-state index contributed by atoms with van der Waals surface area (Å²) in [5, 5.41) is 0.410. The van der Waals surface area contributed by atoms with Crippen molar-refractivity contribution in [2.45, 2.75) is 13.2 Å². The Hall–Kier alpha value is -0.580. The predicted molar refractivity (Wildman–Crippen MR) is 51.0 cm³/mol. The third kappa shape index (κ3) is 2.70. The van der Waals surface area contributed by atoms with Crippen LogP contribution in [0.1, 0.15) is 5.56 Å². The summed E-state index contributed by atoms with van der Waals surface area (Å²) in [5.41, 5.74) is 5.71. The fraction of sp³-hybridized carbons (Fsp3) is 0.250. The molecule has 0 radical (unpaired) electrons. The van der Waals surface area contributed by atoms with E-state index >= 15 is 0 Å². The van der Waals surface area contributed by atoms with Crippen LogP contribution >= 0.6 is 23.2 Å². The van der Waals surface area contributed by atoms with Crippen molar-refractivity contribution in [3.8, 4) is 5.75 Å². The second kappa shape index (κ2) is 4.77. The van der Waals surface area contributed by atoms with Crippen LogP contribution < -0.4 is 10.5 Å². The first-order chi connectivity index (χ1) is 6.54. The molecule has 6 heteroatoms. The van der Waals surface area contributed by atoms with Gasteiger partial charge in [-0.25, -0.2) is 0 Å². The van der Waals surface area contributed by atoms with Crippen LogP contribution in [0.3, 0.4) is 0 Å². The maximum atomic E-state index is 11.9. The molecule has 2 nitrogen and oxygen atoms in total. The zero-order chi connectivity index (χ0) is 10.7. The molecule has 0 spiro atoms. The van der Waals surface area contributed by atoms with Crippen molar-refractivity contribution in [2.24, 2.45) is 5.73 Å². The highest BCUT2D eigenvalue weighted by Gasteiger charge is 2.11. The number of ether oxygens (including phenoxy) is 1. The lowest BCUT2D eigenvalue weighted by Gasteiger charge is -2.10. The molecule has 0 aliphatic rings. The fourth-order valence-electron chi connectivity index (χ4n) is 0.935. The van der Waals surface area contributed by atoms with Gasteiger partial charge in [-0.15, -0.1) is 0 Å². The molecular formula is C8H7Cl2F2NO. The lowest BCUT2D eigenvalue weighted by Crippen LogP contribution is -2.07. The van der Waals surface area contributed by atoms with E-state index in [9.17, 15) is 8.78 Å². The molecule has 1 rings (SSSR count). The highest BCUT2D eigenvalue weighted by atomic mass is 35.5. The van der Waals surface area contributed by atoms with Gasteiger partial charge < -0.3 is 10.5 Å². The summed E-state index contributed by atoms with van der Waals surface area (Å²) < 4.78 is 28.1. The molecule has 0 aromatic heterocycles. The van der Waals surface area contributed by atoms with Gasteiger partial charge >= 0.3 is 6.61 Å². The van der Waals surface area contributed by atoms with Crippen LogP contribution in [-0.2, 0) is 6.54 Å². The quantitative estimate of drug-likeness (QED) is 0.883. The molecule has 14 heavy (non-hydrogen) atoms. The van der Waals surface area contributed by atoms with Gasteiger partial charge in [0.1, 0.15) is 5.75 Å². The Bertz CT molecular complexity index is 333. The number of hydrogen-bond donors (Lipinski definition) is 1. The summed E-state index contributed by atoms with van der Waals surface area (Å²) >= 11 is 11.3. The Morgan fingerprint density at radius 1 is 1.29 bits per heavy atom. The van der Waals surface area contributed by atoms with Crippen molar-refractivity contribution in [1.29, 1.82) is 0 Å². The second-order valence-corrected chi connectivity index (χ2v) is 3.27. The van der Waals surface area contributed by atoms with Crippen LogP contribution in [0.4, 0.5) is 8.78 Å². The Balaban J connectivity index is 3.07. The summed E-state index contributed by atoms with van der Waals surface area (Å²) in [4.78, 5) is 0. The Morgan fingerprint density at radius 2 is 1.86 bits per heavy atom. The van der Waals surface area contributed by atoms with E-state index in [1.807, 2.05) is 0 Å². The summed E-state index contributed by atoms with van der Waals surface area (Å²) in [7, 11) is 0. The molecule has 0 aliphatic heterocycles. The Kier molecular flexibility index (Phi) is 3.92. The van der Waals surface area contributed by atoms with Crippen molar-refractivity contribution in [3.63, 3.8) is 0 Å². The fourth-order valence-corrected chi connectivity index (χ4v) is 1.27. The Labute approximate surface area is 89.6 Å². The monoisotopic (exact) mass is 241 g/mol. The largest absolute Gasteiger partial charge is 0.434 e. The van der Waals surface area contributed by atoms with Gasteiger partial charge in [-0.1, -0.05) is 23.2 Å². The molecule has 0 atom stereocenters. The van der Waals surface area contributed by atoms with E-state index in [0.29, 0.717) is 5.56 Å². The zero-order valence-electron chi connectivity index (χ0n) is 6.94. The minimum atomic E-state index is -2.91. The van der Waals surface area contributed by atoms with Crippen LogP contribution in [0.25, 0.3) is 0 Å². The van der Waals surface area contributed by atoms with Crippen LogP contribution in [0, 0.1) is 0 Å². The number of benzene rings is 1. The molecular weight excluding hydrogens is 235 g/mol. The molecule has 2 N–H and O–H groups in total. The van der Waals surface area contributed by atoms with E-state index in [0.717, 1.165) is 0 Å². The van der Waals surface area contributed by atoms with Gasteiger partial charge in [0, 0.05) is 18.2 Å². The lowest BCUT2D eigenvalue weighted by molar-refractivity contribution is -0.0504. The van der Waals surface area contributed by atoms with E-state index in [1.54, 1.807) is 0 Å². The first kappa shape index (κ1) is 11.5. The van der Waals surface area contributed by atoms with E-state index in [-0.39, 0.29) is 22.3 Å². The van der Waals surface area contributed by atoms with Gasteiger partial charge in [-0.3, -0.25) is 0 Å². The molecule has 0 fully saturated rings. The first-order valence-electron chi connectivity index (χ1n) is 3.67. The molecule has 0 unspecified atom stereocenters. The van der Waals surface area contributed by atoms with Crippen LogP contribution in [0.5, 0.6) is 5.75 Å². The van der Waals surface area contributed by atoms with E-state index in [1.165, 1.54) is 12.1 Å².